The molecule has 0 N–H and O–H groups in total. The molecule has 0 spiro atoms. The van der Waals surface area contributed by atoms with E-state index in [-0.39, 0.29) is 16.2 Å². The zero-order valence-corrected chi connectivity index (χ0v) is 11.5. The molecule has 0 bridgehead atoms. The lowest BCUT2D eigenvalue weighted by Gasteiger charge is -2.17. The molecule has 1 aliphatic heterocycles. The van der Waals surface area contributed by atoms with Crippen LogP contribution in [0, 0.1) is 5.92 Å². The fraction of sp³-hybridized carbons (Fsp3) is 0.500. The van der Waals surface area contributed by atoms with Crippen LogP contribution in [0.2, 0.25) is 10.3 Å². The Morgan fingerprint density at radius 2 is 2.33 bits per heavy atom. The SMILES string of the molecule is COCC1CCN(C(=O)c2ccc(Cl)nc2Cl)C1. The van der Waals surface area contributed by atoms with Crippen LogP contribution >= 0.6 is 23.2 Å². The Bertz CT molecular complexity index is 454. The Kier molecular flexibility index (Phi) is 4.43. The minimum absolute atomic E-state index is 0.0947. The van der Waals surface area contributed by atoms with Crippen LogP contribution in [0.5, 0.6) is 0 Å². The highest BCUT2D eigenvalue weighted by molar-refractivity contribution is 6.34. The van der Waals surface area contributed by atoms with Crippen LogP contribution in [0.1, 0.15) is 16.8 Å². The number of pyridine rings is 1. The monoisotopic (exact) mass is 288 g/mol. The van der Waals surface area contributed by atoms with Gasteiger partial charge in [0, 0.05) is 26.1 Å². The highest BCUT2D eigenvalue weighted by atomic mass is 35.5. The van der Waals surface area contributed by atoms with Gasteiger partial charge in [0.05, 0.1) is 12.2 Å². The van der Waals surface area contributed by atoms with E-state index in [4.69, 9.17) is 27.9 Å². The molecule has 1 amide bonds. The highest BCUT2D eigenvalue weighted by Gasteiger charge is 2.28. The van der Waals surface area contributed by atoms with Crippen molar-refractivity contribution in [2.45, 2.75) is 6.42 Å². The van der Waals surface area contributed by atoms with Crippen molar-refractivity contribution >= 4 is 29.1 Å². The van der Waals surface area contributed by atoms with E-state index in [2.05, 4.69) is 4.98 Å². The maximum absolute atomic E-state index is 12.2. The summed E-state index contributed by atoms with van der Waals surface area (Å²) in [5, 5.41) is 0.443. The van der Waals surface area contributed by atoms with Gasteiger partial charge in [-0.2, -0.15) is 0 Å². The summed E-state index contributed by atoms with van der Waals surface area (Å²) >= 11 is 11.6. The second-order valence-corrected chi connectivity index (χ2v) is 5.08. The molecule has 4 nitrogen and oxygen atoms in total. The first-order valence-corrected chi connectivity index (χ1v) is 6.47. The van der Waals surface area contributed by atoms with E-state index >= 15 is 0 Å². The van der Waals surface area contributed by atoms with Gasteiger partial charge in [-0.25, -0.2) is 4.98 Å². The molecule has 1 aliphatic rings. The van der Waals surface area contributed by atoms with Crippen LogP contribution in [0.15, 0.2) is 12.1 Å². The first kappa shape index (κ1) is 13.6. The number of carbonyl (C=O) groups is 1. The molecule has 0 aliphatic carbocycles. The fourth-order valence-corrected chi connectivity index (χ4v) is 2.56. The topological polar surface area (TPSA) is 42.4 Å². The van der Waals surface area contributed by atoms with Crippen molar-refractivity contribution in [3.8, 4) is 0 Å². The summed E-state index contributed by atoms with van der Waals surface area (Å²) < 4.78 is 5.11. The second-order valence-electron chi connectivity index (χ2n) is 4.33. The van der Waals surface area contributed by atoms with Gasteiger partial charge in [0.1, 0.15) is 10.3 Å². The number of aromatic nitrogens is 1. The molecule has 1 atom stereocenters. The Balaban J connectivity index is 2.08. The van der Waals surface area contributed by atoms with E-state index < -0.39 is 0 Å². The number of ether oxygens (including phenoxy) is 1. The van der Waals surface area contributed by atoms with Crippen molar-refractivity contribution in [2.24, 2.45) is 5.92 Å². The molecule has 18 heavy (non-hydrogen) atoms. The highest BCUT2D eigenvalue weighted by Crippen LogP contribution is 2.23. The van der Waals surface area contributed by atoms with Crippen LogP contribution in [0.4, 0.5) is 0 Å². The van der Waals surface area contributed by atoms with Crippen LogP contribution in [0.25, 0.3) is 0 Å². The molecular formula is C12H14Cl2N2O2. The van der Waals surface area contributed by atoms with Crippen molar-refractivity contribution < 1.29 is 9.53 Å². The zero-order chi connectivity index (χ0) is 13.1. The molecule has 0 aromatic carbocycles. The second kappa shape index (κ2) is 5.87. The Morgan fingerprint density at radius 3 is 3.00 bits per heavy atom. The average molecular weight is 289 g/mol. The molecule has 2 rings (SSSR count). The molecule has 98 valence electrons. The molecule has 6 heteroatoms. The lowest BCUT2D eigenvalue weighted by atomic mass is 10.1. The number of likely N-dealkylation sites (tertiary alicyclic amines) is 1. The number of methoxy groups -OCH3 is 1. The summed E-state index contributed by atoms with van der Waals surface area (Å²) in [5.41, 5.74) is 0.402. The molecule has 1 saturated heterocycles. The zero-order valence-electron chi connectivity index (χ0n) is 10.0. The third kappa shape index (κ3) is 2.94. The molecule has 1 unspecified atom stereocenters. The number of rotatable bonds is 3. The quantitative estimate of drug-likeness (QED) is 0.803. The van der Waals surface area contributed by atoms with E-state index in [1.54, 1.807) is 24.1 Å². The molecule has 2 heterocycles. The molecule has 0 saturated carbocycles. The predicted octanol–water partition coefficient (Wildman–Crippen LogP) is 2.50. The summed E-state index contributed by atoms with van der Waals surface area (Å²) in [7, 11) is 1.67. The third-order valence-electron chi connectivity index (χ3n) is 3.02. The fourth-order valence-electron chi connectivity index (χ4n) is 2.13. The lowest BCUT2D eigenvalue weighted by molar-refractivity contribution is 0.0775. The number of carbonyl (C=O) groups excluding carboxylic acids is 1. The van der Waals surface area contributed by atoms with Gasteiger partial charge in [-0.05, 0) is 18.6 Å². The van der Waals surface area contributed by atoms with Crippen LogP contribution in [0.3, 0.4) is 0 Å². The van der Waals surface area contributed by atoms with Gasteiger partial charge in [0.25, 0.3) is 5.91 Å². The number of hydrogen-bond donors (Lipinski definition) is 0. The van der Waals surface area contributed by atoms with E-state index in [0.29, 0.717) is 24.6 Å². The maximum atomic E-state index is 12.2. The first-order valence-electron chi connectivity index (χ1n) is 5.72. The summed E-state index contributed by atoms with van der Waals surface area (Å²) in [5.74, 6) is 0.306. The van der Waals surface area contributed by atoms with Gasteiger partial charge >= 0.3 is 0 Å². The van der Waals surface area contributed by atoms with Crippen molar-refractivity contribution in [3.63, 3.8) is 0 Å². The number of halogens is 2. The predicted molar refractivity (Wildman–Crippen MR) is 70.1 cm³/mol. The summed E-state index contributed by atoms with van der Waals surface area (Å²) in [6.45, 7) is 2.10. The summed E-state index contributed by atoms with van der Waals surface area (Å²) in [4.78, 5) is 17.9. The molecule has 1 aromatic heterocycles. The average Bonchev–Trinajstić information content (AvgIpc) is 2.77. The van der Waals surface area contributed by atoms with Gasteiger partial charge in [0.2, 0.25) is 0 Å². The van der Waals surface area contributed by atoms with Crippen LogP contribution < -0.4 is 0 Å². The smallest absolute Gasteiger partial charge is 0.256 e. The van der Waals surface area contributed by atoms with E-state index in [0.717, 1.165) is 13.0 Å². The molecule has 1 aromatic rings. The summed E-state index contributed by atoms with van der Waals surface area (Å²) in [6.07, 6.45) is 0.957. The molecule has 0 radical (unpaired) electrons. The van der Waals surface area contributed by atoms with Crippen LogP contribution in [-0.4, -0.2) is 42.6 Å². The molecular weight excluding hydrogens is 275 g/mol. The van der Waals surface area contributed by atoms with Gasteiger partial charge < -0.3 is 9.64 Å². The minimum Gasteiger partial charge on any atom is -0.384 e. The van der Waals surface area contributed by atoms with Crippen LogP contribution in [-0.2, 0) is 4.74 Å². The maximum Gasteiger partial charge on any atom is 0.256 e. The first-order chi connectivity index (χ1) is 8.61. The van der Waals surface area contributed by atoms with Gasteiger partial charge in [-0.15, -0.1) is 0 Å². The third-order valence-corrected chi connectivity index (χ3v) is 3.52. The minimum atomic E-state index is -0.0947. The molecule has 1 fully saturated rings. The lowest BCUT2D eigenvalue weighted by Crippen LogP contribution is -2.29. The number of hydrogen-bond acceptors (Lipinski definition) is 3. The van der Waals surface area contributed by atoms with E-state index in [1.165, 1.54) is 0 Å². The van der Waals surface area contributed by atoms with E-state index in [9.17, 15) is 4.79 Å². The normalized spacial score (nSPS) is 19.3. The van der Waals surface area contributed by atoms with Crippen molar-refractivity contribution in [1.82, 2.24) is 9.88 Å². The largest absolute Gasteiger partial charge is 0.384 e. The number of nitrogens with zero attached hydrogens (tertiary/aromatic N) is 2. The van der Waals surface area contributed by atoms with Gasteiger partial charge in [-0.1, -0.05) is 23.2 Å². The standard InChI is InChI=1S/C12H14Cl2N2O2/c1-18-7-8-4-5-16(6-8)12(17)9-2-3-10(13)15-11(9)14/h2-3,8H,4-7H2,1H3. The van der Waals surface area contributed by atoms with Gasteiger partial charge in [-0.3, -0.25) is 4.79 Å². The van der Waals surface area contributed by atoms with Gasteiger partial charge in [0.15, 0.2) is 0 Å². The Morgan fingerprint density at radius 1 is 1.56 bits per heavy atom. The Hall–Kier alpha value is -0.840. The van der Waals surface area contributed by atoms with E-state index in [1.807, 2.05) is 0 Å². The summed E-state index contributed by atoms with van der Waals surface area (Å²) in [6, 6.07) is 3.19. The Labute approximate surface area is 116 Å². The number of amides is 1. The van der Waals surface area contributed by atoms with Crippen molar-refractivity contribution in [1.29, 1.82) is 0 Å². The van der Waals surface area contributed by atoms with Crippen molar-refractivity contribution in [3.05, 3.63) is 28.0 Å². The van der Waals surface area contributed by atoms with Crippen molar-refractivity contribution in [2.75, 3.05) is 26.8 Å².